The SMILES string of the molecule is Cc1ccccc1-c1noc(COC(=O)c2ccc(COCC(F)(F)F)cc2)n1. The van der Waals surface area contributed by atoms with Gasteiger partial charge in [0.15, 0.2) is 6.61 Å². The summed E-state index contributed by atoms with van der Waals surface area (Å²) in [4.78, 5) is 16.3. The van der Waals surface area contributed by atoms with Crippen molar-refractivity contribution in [3.05, 3.63) is 71.1 Å². The van der Waals surface area contributed by atoms with Crippen LogP contribution in [-0.2, 0) is 22.7 Å². The number of hydrogen-bond acceptors (Lipinski definition) is 6. The molecule has 1 heterocycles. The second-order valence-electron chi connectivity index (χ2n) is 6.21. The Labute approximate surface area is 164 Å². The number of nitrogens with zero attached hydrogens (tertiary/aromatic N) is 2. The van der Waals surface area contributed by atoms with Crippen molar-refractivity contribution in [3.8, 4) is 11.4 Å². The fraction of sp³-hybridized carbons (Fsp3) is 0.250. The van der Waals surface area contributed by atoms with E-state index in [9.17, 15) is 18.0 Å². The van der Waals surface area contributed by atoms with Gasteiger partial charge < -0.3 is 14.0 Å². The van der Waals surface area contributed by atoms with Gasteiger partial charge >= 0.3 is 12.1 Å². The van der Waals surface area contributed by atoms with E-state index < -0.39 is 18.8 Å². The monoisotopic (exact) mass is 406 g/mol. The highest BCUT2D eigenvalue weighted by molar-refractivity contribution is 5.89. The molecule has 0 aliphatic heterocycles. The van der Waals surface area contributed by atoms with E-state index in [1.54, 1.807) is 0 Å². The first kappa shape index (κ1) is 20.5. The molecule has 0 aliphatic rings. The highest BCUT2D eigenvalue weighted by Gasteiger charge is 2.27. The van der Waals surface area contributed by atoms with Crippen molar-refractivity contribution in [1.29, 1.82) is 0 Å². The minimum Gasteiger partial charge on any atom is -0.452 e. The molecule has 0 atom stereocenters. The highest BCUT2D eigenvalue weighted by Crippen LogP contribution is 2.20. The lowest BCUT2D eigenvalue weighted by molar-refractivity contribution is -0.176. The van der Waals surface area contributed by atoms with E-state index in [2.05, 4.69) is 14.9 Å². The Morgan fingerprint density at radius 1 is 1.07 bits per heavy atom. The number of benzene rings is 2. The fourth-order valence-electron chi connectivity index (χ4n) is 2.48. The molecule has 0 saturated carbocycles. The Morgan fingerprint density at radius 3 is 2.48 bits per heavy atom. The van der Waals surface area contributed by atoms with Crippen LogP contribution in [0.5, 0.6) is 0 Å². The Hall–Kier alpha value is -3.20. The number of hydrogen-bond donors (Lipinski definition) is 0. The second-order valence-corrected chi connectivity index (χ2v) is 6.21. The standard InChI is InChI=1S/C20H17F3N2O4/c1-13-4-2-3-5-16(13)18-24-17(29-25-18)11-28-19(26)15-8-6-14(7-9-15)10-27-12-20(21,22)23/h2-9H,10-12H2,1H3. The van der Waals surface area contributed by atoms with Gasteiger partial charge in [0, 0.05) is 5.56 Å². The van der Waals surface area contributed by atoms with Crippen molar-refractivity contribution in [2.75, 3.05) is 6.61 Å². The summed E-state index contributed by atoms with van der Waals surface area (Å²) in [7, 11) is 0. The Kier molecular flexibility index (Phi) is 6.28. The van der Waals surface area contributed by atoms with E-state index >= 15 is 0 Å². The van der Waals surface area contributed by atoms with Crippen LogP contribution in [0.15, 0.2) is 53.1 Å². The third-order valence-corrected chi connectivity index (χ3v) is 3.90. The lowest BCUT2D eigenvalue weighted by Gasteiger charge is -2.08. The molecule has 0 aliphatic carbocycles. The smallest absolute Gasteiger partial charge is 0.411 e. The zero-order valence-corrected chi connectivity index (χ0v) is 15.4. The number of halogens is 3. The van der Waals surface area contributed by atoms with Crippen LogP contribution in [-0.4, -0.2) is 28.9 Å². The van der Waals surface area contributed by atoms with Crippen LogP contribution in [0, 0.1) is 6.92 Å². The molecule has 9 heteroatoms. The number of carbonyl (C=O) groups excluding carboxylic acids is 1. The molecule has 0 saturated heterocycles. The van der Waals surface area contributed by atoms with E-state index in [1.807, 2.05) is 31.2 Å². The van der Waals surface area contributed by atoms with Gasteiger partial charge in [-0.3, -0.25) is 0 Å². The number of aryl methyl sites for hydroxylation is 1. The van der Waals surface area contributed by atoms with Crippen LogP contribution in [0.25, 0.3) is 11.4 Å². The number of aromatic nitrogens is 2. The first-order chi connectivity index (χ1) is 13.8. The largest absolute Gasteiger partial charge is 0.452 e. The van der Waals surface area contributed by atoms with Crippen LogP contribution in [0.3, 0.4) is 0 Å². The number of carbonyl (C=O) groups is 1. The minimum absolute atomic E-state index is 0.147. The summed E-state index contributed by atoms with van der Waals surface area (Å²) in [5, 5.41) is 3.88. The molecule has 3 aromatic rings. The second kappa shape index (κ2) is 8.87. The summed E-state index contributed by atoms with van der Waals surface area (Å²) >= 11 is 0. The van der Waals surface area contributed by atoms with Gasteiger partial charge in [-0.25, -0.2) is 4.79 Å². The first-order valence-electron chi connectivity index (χ1n) is 8.61. The summed E-state index contributed by atoms with van der Waals surface area (Å²) in [6, 6.07) is 13.4. The van der Waals surface area contributed by atoms with Crippen molar-refractivity contribution in [2.24, 2.45) is 0 Å². The van der Waals surface area contributed by atoms with Gasteiger partial charge in [0.25, 0.3) is 5.89 Å². The molecular weight excluding hydrogens is 389 g/mol. The number of rotatable bonds is 7. The number of ether oxygens (including phenoxy) is 2. The van der Waals surface area contributed by atoms with Crippen LogP contribution < -0.4 is 0 Å². The molecule has 152 valence electrons. The molecule has 3 rings (SSSR count). The third kappa shape index (κ3) is 5.89. The van der Waals surface area contributed by atoms with E-state index in [1.165, 1.54) is 24.3 Å². The molecule has 0 radical (unpaired) electrons. The summed E-state index contributed by atoms with van der Waals surface area (Å²) < 4.78 is 51.0. The molecule has 0 amide bonds. The summed E-state index contributed by atoms with van der Waals surface area (Å²) in [5.41, 5.74) is 2.54. The van der Waals surface area contributed by atoms with Gasteiger partial charge in [0.05, 0.1) is 12.2 Å². The van der Waals surface area contributed by atoms with Crippen LogP contribution in [0.1, 0.15) is 27.4 Å². The summed E-state index contributed by atoms with van der Waals surface area (Å²) in [6.45, 7) is 0.182. The molecule has 1 aromatic heterocycles. The summed E-state index contributed by atoms with van der Waals surface area (Å²) in [5.74, 6) is -0.0745. The van der Waals surface area contributed by atoms with Gasteiger partial charge in [-0.15, -0.1) is 0 Å². The molecule has 0 unspecified atom stereocenters. The lowest BCUT2D eigenvalue weighted by Crippen LogP contribution is -2.16. The van der Waals surface area contributed by atoms with Crippen LogP contribution >= 0.6 is 0 Å². The molecule has 0 N–H and O–H groups in total. The quantitative estimate of drug-likeness (QED) is 0.539. The van der Waals surface area contributed by atoms with Crippen molar-refractivity contribution in [2.45, 2.75) is 26.3 Å². The Bertz CT molecular complexity index is 968. The maximum absolute atomic E-state index is 12.1. The average molecular weight is 406 g/mol. The van der Waals surface area contributed by atoms with Crippen molar-refractivity contribution >= 4 is 5.97 Å². The van der Waals surface area contributed by atoms with Crippen molar-refractivity contribution in [3.63, 3.8) is 0 Å². The zero-order valence-electron chi connectivity index (χ0n) is 15.4. The van der Waals surface area contributed by atoms with Gasteiger partial charge in [0.1, 0.15) is 6.61 Å². The highest BCUT2D eigenvalue weighted by atomic mass is 19.4. The number of alkyl halides is 3. The van der Waals surface area contributed by atoms with E-state index in [4.69, 9.17) is 9.26 Å². The predicted molar refractivity (Wildman–Crippen MR) is 95.7 cm³/mol. The fourth-order valence-corrected chi connectivity index (χ4v) is 2.48. The minimum atomic E-state index is -4.38. The van der Waals surface area contributed by atoms with Crippen molar-refractivity contribution in [1.82, 2.24) is 10.1 Å². The maximum Gasteiger partial charge on any atom is 0.411 e. The Balaban J connectivity index is 1.53. The molecular formula is C20H17F3N2O4. The Morgan fingerprint density at radius 2 is 1.79 bits per heavy atom. The van der Waals surface area contributed by atoms with Crippen LogP contribution in [0.2, 0.25) is 0 Å². The van der Waals surface area contributed by atoms with E-state index in [0.29, 0.717) is 11.4 Å². The van der Waals surface area contributed by atoms with E-state index in [-0.39, 0.29) is 24.7 Å². The molecule has 0 fully saturated rings. The van der Waals surface area contributed by atoms with Gasteiger partial charge in [-0.1, -0.05) is 41.6 Å². The predicted octanol–water partition coefficient (Wildman–Crippen LogP) is 4.48. The van der Waals surface area contributed by atoms with Gasteiger partial charge in [-0.05, 0) is 30.2 Å². The van der Waals surface area contributed by atoms with Crippen molar-refractivity contribution < 1.29 is 32.0 Å². The normalized spacial score (nSPS) is 11.4. The first-order valence-corrected chi connectivity index (χ1v) is 8.61. The topological polar surface area (TPSA) is 74.5 Å². The molecule has 2 aromatic carbocycles. The third-order valence-electron chi connectivity index (χ3n) is 3.90. The van der Waals surface area contributed by atoms with E-state index in [0.717, 1.165) is 11.1 Å². The van der Waals surface area contributed by atoms with Gasteiger partial charge in [-0.2, -0.15) is 18.2 Å². The maximum atomic E-state index is 12.1. The molecule has 0 spiro atoms. The molecule has 0 bridgehead atoms. The zero-order chi connectivity index (χ0) is 20.9. The lowest BCUT2D eigenvalue weighted by atomic mass is 10.1. The molecule has 6 nitrogen and oxygen atoms in total. The summed E-state index contributed by atoms with van der Waals surface area (Å²) in [6.07, 6.45) is -4.38. The van der Waals surface area contributed by atoms with Gasteiger partial charge in [0.2, 0.25) is 5.82 Å². The molecule has 29 heavy (non-hydrogen) atoms. The average Bonchev–Trinajstić information content (AvgIpc) is 3.15. The number of esters is 1. The van der Waals surface area contributed by atoms with Crippen LogP contribution in [0.4, 0.5) is 13.2 Å².